The summed E-state index contributed by atoms with van der Waals surface area (Å²) in [6.45, 7) is 5.20. The molecule has 0 aromatic carbocycles. The molecule has 2 heterocycles. The van der Waals surface area contributed by atoms with Crippen LogP contribution in [0.15, 0.2) is 0 Å². The number of thiazole rings is 1. The molecular weight excluding hydrogens is 262 g/mol. The molecule has 1 aliphatic heterocycles. The topological polar surface area (TPSA) is 56.7 Å². The molecule has 0 bridgehead atoms. The molecule has 5 nitrogen and oxygen atoms in total. The fraction of sp³-hybridized carbons (Fsp3) is 0.692. The lowest BCUT2D eigenvalue weighted by atomic mass is 10.1. The fourth-order valence-electron chi connectivity index (χ4n) is 2.81. The second kappa shape index (κ2) is 4.76. The van der Waals surface area contributed by atoms with E-state index < -0.39 is 5.97 Å². The van der Waals surface area contributed by atoms with Crippen LogP contribution in [0.5, 0.6) is 0 Å². The van der Waals surface area contributed by atoms with Gasteiger partial charge in [-0.15, -0.1) is 11.3 Å². The van der Waals surface area contributed by atoms with Crippen LogP contribution >= 0.6 is 11.3 Å². The molecule has 3 rings (SSSR count). The molecule has 104 valence electrons. The van der Waals surface area contributed by atoms with E-state index in [1.165, 1.54) is 4.88 Å². The molecule has 2 atom stereocenters. The summed E-state index contributed by atoms with van der Waals surface area (Å²) in [6.07, 6.45) is 1.58. The van der Waals surface area contributed by atoms with Crippen LogP contribution in [0, 0.1) is 0 Å². The first kappa shape index (κ1) is 12.9. The zero-order chi connectivity index (χ0) is 13.6. The molecule has 0 radical (unpaired) electrons. The van der Waals surface area contributed by atoms with Crippen LogP contribution in [0.2, 0.25) is 0 Å². The average Bonchev–Trinajstić information content (AvgIpc) is 2.91. The number of hydrogen-bond donors (Lipinski definition) is 1. The van der Waals surface area contributed by atoms with Crippen molar-refractivity contribution in [2.75, 3.05) is 31.6 Å². The minimum atomic E-state index is -0.734. The van der Waals surface area contributed by atoms with Crippen LogP contribution in [0.25, 0.3) is 0 Å². The number of anilines is 1. The number of carbonyl (C=O) groups is 1. The number of likely N-dealkylation sites (N-methyl/N-ethyl adjacent to an activating group) is 1. The van der Waals surface area contributed by atoms with Crippen molar-refractivity contribution in [3.05, 3.63) is 10.6 Å². The van der Waals surface area contributed by atoms with Crippen molar-refractivity contribution in [3.8, 4) is 0 Å². The van der Waals surface area contributed by atoms with Gasteiger partial charge < -0.3 is 14.9 Å². The molecule has 2 unspecified atom stereocenters. The quantitative estimate of drug-likeness (QED) is 0.888. The lowest BCUT2D eigenvalue weighted by Crippen LogP contribution is -2.50. The van der Waals surface area contributed by atoms with E-state index in [1.54, 1.807) is 11.3 Å². The van der Waals surface area contributed by atoms with Gasteiger partial charge in [0.1, 0.15) is 5.92 Å². The van der Waals surface area contributed by atoms with Gasteiger partial charge in [0.25, 0.3) is 0 Å². The third kappa shape index (κ3) is 2.23. The van der Waals surface area contributed by atoms with E-state index >= 15 is 0 Å². The highest BCUT2D eigenvalue weighted by Crippen LogP contribution is 2.39. The van der Waals surface area contributed by atoms with Gasteiger partial charge in [-0.2, -0.15) is 0 Å². The highest BCUT2D eigenvalue weighted by Gasteiger charge is 2.34. The predicted octanol–water partition coefficient (Wildman–Crippen LogP) is 1.40. The number of fused-ring (bicyclic) bond motifs is 1. The van der Waals surface area contributed by atoms with E-state index in [0.717, 1.165) is 36.9 Å². The molecule has 0 spiro atoms. The molecule has 1 saturated heterocycles. The largest absolute Gasteiger partial charge is 0.481 e. The SMILES string of the molecule is CC1CN(c2nc3c(s2)CCC3C(=O)O)CCN1C. The first-order chi connectivity index (χ1) is 9.06. The third-order valence-electron chi connectivity index (χ3n) is 4.23. The van der Waals surface area contributed by atoms with Crippen LogP contribution in [0.3, 0.4) is 0 Å². The van der Waals surface area contributed by atoms with Crippen molar-refractivity contribution in [2.45, 2.75) is 31.7 Å². The number of nitrogens with zero attached hydrogens (tertiary/aromatic N) is 3. The summed E-state index contributed by atoms with van der Waals surface area (Å²) >= 11 is 1.69. The van der Waals surface area contributed by atoms with Gasteiger partial charge in [-0.25, -0.2) is 4.98 Å². The smallest absolute Gasteiger partial charge is 0.312 e. The Morgan fingerprint density at radius 2 is 2.26 bits per heavy atom. The van der Waals surface area contributed by atoms with Gasteiger partial charge in [0.15, 0.2) is 5.13 Å². The number of aryl methyl sites for hydroxylation is 1. The van der Waals surface area contributed by atoms with Gasteiger partial charge in [0.2, 0.25) is 0 Å². The molecule has 1 aliphatic carbocycles. The van der Waals surface area contributed by atoms with E-state index in [1.807, 2.05) is 0 Å². The Balaban J connectivity index is 1.81. The maximum Gasteiger partial charge on any atom is 0.312 e. The lowest BCUT2D eigenvalue weighted by Gasteiger charge is -2.37. The first-order valence-electron chi connectivity index (χ1n) is 6.74. The zero-order valence-electron chi connectivity index (χ0n) is 11.3. The van der Waals surface area contributed by atoms with E-state index in [2.05, 4.69) is 28.8 Å². The minimum absolute atomic E-state index is 0.384. The number of rotatable bonds is 2. The summed E-state index contributed by atoms with van der Waals surface area (Å²) in [5.74, 6) is -1.12. The average molecular weight is 281 g/mol. The van der Waals surface area contributed by atoms with Crippen molar-refractivity contribution in [1.29, 1.82) is 0 Å². The molecular formula is C13H19N3O2S. The molecule has 0 amide bonds. The van der Waals surface area contributed by atoms with Crippen molar-refractivity contribution < 1.29 is 9.90 Å². The Labute approximate surface area is 116 Å². The predicted molar refractivity (Wildman–Crippen MR) is 75.1 cm³/mol. The van der Waals surface area contributed by atoms with E-state index in [9.17, 15) is 9.90 Å². The summed E-state index contributed by atoms with van der Waals surface area (Å²) in [4.78, 5) is 21.6. The Kier molecular flexibility index (Phi) is 3.22. The number of carboxylic acid groups (broad SMARTS) is 1. The molecule has 1 aromatic rings. The maximum atomic E-state index is 11.2. The van der Waals surface area contributed by atoms with E-state index in [0.29, 0.717) is 12.5 Å². The Bertz CT molecular complexity index is 502. The monoisotopic (exact) mass is 281 g/mol. The van der Waals surface area contributed by atoms with Gasteiger partial charge in [-0.3, -0.25) is 4.79 Å². The lowest BCUT2D eigenvalue weighted by molar-refractivity contribution is -0.138. The minimum Gasteiger partial charge on any atom is -0.481 e. The van der Waals surface area contributed by atoms with Crippen molar-refractivity contribution in [1.82, 2.24) is 9.88 Å². The second-order valence-electron chi connectivity index (χ2n) is 5.51. The van der Waals surface area contributed by atoms with Gasteiger partial charge in [0, 0.05) is 30.6 Å². The molecule has 19 heavy (non-hydrogen) atoms. The van der Waals surface area contributed by atoms with Crippen LogP contribution in [-0.2, 0) is 11.2 Å². The third-order valence-corrected chi connectivity index (χ3v) is 5.43. The fourth-order valence-corrected chi connectivity index (χ4v) is 3.98. The van der Waals surface area contributed by atoms with Crippen molar-refractivity contribution >= 4 is 22.4 Å². The number of piperazine rings is 1. The van der Waals surface area contributed by atoms with Gasteiger partial charge in [-0.05, 0) is 26.8 Å². The summed E-state index contributed by atoms with van der Waals surface area (Å²) in [6, 6.07) is 0.516. The molecule has 1 fully saturated rings. The standard InChI is InChI=1S/C13H19N3O2S/c1-8-7-16(6-5-15(8)2)13-14-11-9(12(17)18)3-4-10(11)19-13/h8-9H,3-7H2,1-2H3,(H,17,18). The van der Waals surface area contributed by atoms with Crippen LogP contribution < -0.4 is 4.90 Å². The normalized spacial score (nSPS) is 27.6. The van der Waals surface area contributed by atoms with Crippen molar-refractivity contribution in [2.24, 2.45) is 0 Å². The molecule has 2 aliphatic rings. The zero-order valence-corrected chi connectivity index (χ0v) is 12.1. The second-order valence-corrected chi connectivity index (χ2v) is 6.57. The molecule has 0 saturated carbocycles. The summed E-state index contributed by atoms with van der Waals surface area (Å²) < 4.78 is 0. The molecule has 1 aromatic heterocycles. The Morgan fingerprint density at radius 1 is 1.47 bits per heavy atom. The Hall–Kier alpha value is -1.14. The Morgan fingerprint density at radius 3 is 2.95 bits per heavy atom. The number of carboxylic acids is 1. The van der Waals surface area contributed by atoms with E-state index in [-0.39, 0.29) is 5.92 Å². The van der Waals surface area contributed by atoms with Crippen LogP contribution in [0.1, 0.15) is 29.8 Å². The highest BCUT2D eigenvalue weighted by molar-refractivity contribution is 7.15. The van der Waals surface area contributed by atoms with E-state index in [4.69, 9.17) is 0 Å². The maximum absolute atomic E-state index is 11.2. The van der Waals surface area contributed by atoms with Gasteiger partial charge >= 0.3 is 5.97 Å². The summed E-state index contributed by atoms with van der Waals surface area (Å²) in [7, 11) is 2.14. The summed E-state index contributed by atoms with van der Waals surface area (Å²) in [5, 5.41) is 10.2. The number of aliphatic carboxylic acids is 1. The van der Waals surface area contributed by atoms with Crippen LogP contribution in [-0.4, -0.2) is 53.7 Å². The van der Waals surface area contributed by atoms with Crippen LogP contribution in [0.4, 0.5) is 5.13 Å². The summed E-state index contributed by atoms with van der Waals surface area (Å²) in [5.41, 5.74) is 0.819. The van der Waals surface area contributed by atoms with Gasteiger partial charge in [0.05, 0.1) is 5.69 Å². The van der Waals surface area contributed by atoms with Crippen molar-refractivity contribution in [3.63, 3.8) is 0 Å². The van der Waals surface area contributed by atoms with Gasteiger partial charge in [-0.1, -0.05) is 0 Å². The highest BCUT2D eigenvalue weighted by atomic mass is 32.1. The number of hydrogen-bond acceptors (Lipinski definition) is 5. The first-order valence-corrected chi connectivity index (χ1v) is 7.55. The molecule has 1 N–H and O–H groups in total. The molecule has 6 heteroatoms. The number of aromatic nitrogens is 1.